The Morgan fingerprint density at radius 2 is 2.29 bits per heavy atom. The summed E-state index contributed by atoms with van der Waals surface area (Å²) < 4.78 is 0. The highest BCUT2D eigenvalue weighted by Gasteiger charge is 2.29. The van der Waals surface area contributed by atoms with Gasteiger partial charge in [-0.1, -0.05) is 13.3 Å². The van der Waals surface area contributed by atoms with Crippen molar-refractivity contribution in [3.63, 3.8) is 0 Å². The van der Waals surface area contributed by atoms with Crippen LogP contribution in [0.15, 0.2) is 6.20 Å². The quantitative estimate of drug-likeness (QED) is 0.641. The van der Waals surface area contributed by atoms with Crippen LogP contribution in [0.1, 0.15) is 46.0 Å². The zero-order chi connectivity index (χ0) is 15.2. The normalized spacial score (nSPS) is 18.6. The lowest BCUT2D eigenvalue weighted by molar-refractivity contribution is -0.384. The monoisotopic (exact) mass is 293 g/mol. The van der Waals surface area contributed by atoms with Crippen molar-refractivity contribution in [2.45, 2.75) is 52.0 Å². The van der Waals surface area contributed by atoms with Crippen LogP contribution in [0.3, 0.4) is 0 Å². The molecule has 1 unspecified atom stereocenters. The van der Waals surface area contributed by atoms with Crippen LogP contribution >= 0.6 is 0 Å². The molecule has 7 heteroatoms. The Morgan fingerprint density at radius 3 is 2.95 bits per heavy atom. The van der Waals surface area contributed by atoms with Gasteiger partial charge in [-0.15, -0.1) is 0 Å². The Hall–Kier alpha value is -1.92. The van der Waals surface area contributed by atoms with E-state index in [1.807, 2.05) is 6.92 Å². The smallest absolute Gasteiger partial charge is 0.329 e. The summed E-state index contributed by atoms with van der Waals surface area (Å²) in [6.45, 7) is 5.61. The first kappa shape index (κ1) is 15.5. The molecule has 1 atom stereocenters. The van der Waals surface area contributed by atoms with Gasteiger partial charge >= 0.3 is 5.69 Å². The molecule has 116 valence electrons. The molecular formula is C14H23N5O2. The average molecular weight is 293 g/mol. The number of hydrogen-bond donors (Lipinski definition) is 1. The Balaban J connectivity index is 2.37. The van der Waals surface area contributed by atoms with Crippen LogP contribution in [-0.4, -0.2) is 34.0 Å². The van der Waals surface area contributed by atoms with Crippen LogP contribution in [0.25, 0.3) is 0 Å². The maximum atomic E-state index is 11.3. The minimum atomic E-state index is -0.386. The second kappa shape index (κ2) is 7.19. The van der Waals surface area contributed by atoms with Crippen LogP contribution in [0.4, 0.5) is 17.5 Å². The molecule has 1 aromatic heterocycles. The lowest BCUT2D eigenvalue weighted by Crippen LogP contribution is -2.40. The molecule has 1 aliphatic rings. The van der Waals surface area contributed by atoms with Gasteiger partial charge in [0, 0.05) is 19.1 Å². The minimum Gasteiger partial charge on any atom is -0.354 e. The van der Waals surface area contributed by atoms with Gasteiger partial charge in [0.15, 0.2) is 0 Å². The first-order valence-electron chi connectivity index (χ1n) is 7.69. The van der Waals surface area contributed by atoms with E-state index in [4.69, 9.17) is 0 Å². The molecule has 1 saturated heterocycles. The molecule has 0 radical (unpaired) electrons. The molecule has 7 nitrogen and oxygen atoms in total. The van der Waals surface area contributed by atoms with E-state index in [-0.39, 0.29) is 10.6 Å². The molecule has 0 bridgehead atoms. The SMILES string of the molecule is CCCC1CCCCN1c1nc(NCC)ncc1[N+](=O)[O-]. The second-order valence-corrected chi connectivity index (χ2v) is 5.32. The molecule has 0 amide bonds. The Morgan fingerprint density at radius 1 is 1.48 bits per heavy atom. The number of nitrogens with one attached hydrogen (secondary N) is 1. The Kier molecular flexibility index (Phi) is 5.30. The van der Waals surface area contributed by atoms with E-state index < -0.39 is 0 Å². The van der Waals surface area contributed by atoms with Gasteiger partial charge in [0.05, 0.1) is 4.92 Å². The summed E-state index contributed by atoms with van der Waals surface area (Å²) in [6, 6.07) is 0.340. The van der Waals surface area contributed by atoms with Gasteiger partial charge in [-0.05, 0) is 32.6 Å². The van der Waals surface area contributed by atoms with E-state index in [1.54, 1.807) is 0 Å². The molecule has 21 heavy (non-hydrogen) atoms. The number of hydrogen-bond acceptors (Lipinski definition) is 6. The van der Waals surface area contributed by atoms with Crippen molar-refractivity contribution < 1.29 is 4.92 Å². The fourth-order valence-corrected chi connectivity index (χ4v) is 2.86. The molecule has 1 aromatic rings. The third kappa shape index (κ3) is 3.59. The summed E-state index contributed by atoms with van der Waals surface area (Å²) in [4.78, 5) is 21.4. The predicted molar refractivity (Wildman–Crippen MR) is 82.7 cm³/mol. The van der Waals surface area contributed by atoms with Crippen LogP contribution in [0.2, 0.25) is 0 Å². The molecule has 0 saturated carbocycles. The van der Waals surface area contributed by atoms with E-state index >= 15 is 0 Å². The summed E-state index contributed by atoms with van der Waals surface area (Å²) in [6.07, 6.45) is 6.74. The summed E-state index contributed by atoms with van der Waals surface area (Å²) in [5.74, 6) is 0.919. The number of piperidine rings is 1. The molecule has 1 fully saturated rings. The third-order valence-electron chi connectivity index (χ3n) is 3.80. The maximum absolute atomic E-state index is 11.3. The van der Waals surface area contributed by atoms with Crippen LogP contribution in [0.5, 0.6) is 0 Å². The van der Waals surface area contributed by atoms with Crippen molar-refractivity contribution in [2.24, 2.45) is 0 Å². The first-order chi connectivity index (χ1) is 10.2. The topological polar surface area (TPSA) is 84.2 Å². The van der Waals surface area contributed by atoms with Gasteiger partial charge in [0.25, 0.3) is 0 Å². The lowest BCUT2D eigenvalue weighted by Gasteiger charge is -2.36. The van der Waals surface area contributed by atoms with Crippen LogP contribution < -0.4 is 10.2 Å². The molecule has 0 aliphatic carbocycles. The molecule has 2 rings (SSSR count). The van der Waals surface area contributed by atoms with E-state index in [9.17, 15) is 10.1 Å². The van der Waals surface area contributed by atoms with Crippen LogP contribution in [0, 0.1) is 10.1 Å². The number of aromatic nitrogens is 2. The summed E-state index contributed by atoms with van der Waals surface area (Å²) in [5, 5.41) is 14.3. The fourth-order valence-electron chi connectivity index (χ4n) is 2.86. The molecule has 0 aromatic carbocycles. The Bertz CT molecular complexity index is 492. The van der Waals surface area contributed by atoms with E-state index in [2.05, 4.69) is 27.1 Å². The number of rotatable bonds is 6. The summed E-state index contributed by atoms with van der Waals surface area (Å²) in [7, 11) is 0. The van der Waals surface area contributed by atoms with Crippen molar-refractivity contribution in [3.05, 3.63) is 16.3 Å². The highest BCUT2D eigenvalue weighted by Crippen LogP contribution is 2.32. The summed E-state index contributed by atoms with van der Waals surface area (Å²) >= 11 is 0. The largest absolute Gasteiger partial charge is 0.354 e. The number of anilines is 2. The number of nitrogens with zero attached hydrogens (tertiary/aromatic N) is 4. The molecular weight excluding hydrogens is 270 g/mol. The highest BCUT2D eigenvalue weighted by atomic mass is 16.6. The zero-order valence-corrected chi connectivity index (χ0v) is 12.7. The van der Waals surface area contributed by atoms with Gasteiger partial charge in [-0.3, -0.25) is 10.1 Å². The average Bonchev–Trinajstić information content (AvgIpc) is 2.48. The highest BCUT2D eigenvalue weighted by molar-refractivity contribution is 5.59. The van der Waals surface area contributed by atoms with Crippen molar-refractivity contribution in [3.8, 4) is 0 Å². The third-order valence-corrected chi connectivity index (χ3v) is 3.80. The van der Waals surface area contributed by atoms with Gasteiger partial charge in [0.2, 0.25) is 11.8 Å². The van der Waals surface area contributed by atoms with E-state index in [1.165, 1.54) is 12.6 Å². The van der Waals surface area contributed by atoms with Crippen molar-refractivity contribution in [2.75, 3.05) is 23.3 Å². The second-order valence-electron chi connectivity index (χ2n) is 5.32. The molecule has 1 N–H and O–H groups in total. The maximum Gasteiger partial charge on any atom is 0.329 e. The zero-order valence-electron chi connectivity index (χ0n) is 12.7. The van der Waals surface area contributed by atoms with Gasteiger partial charge in [0.1, 0.15) is 6.20 Å². The van der Waals surface area contributed by atoms with Gasteiger partial charge < -0.3 is 10.2 Å². The fraction of sp³-hybridized carbons (Fsp3) is 0.714. The lowest BCUT2D eigenvalue weighted by atomic mass is 9.98. The molecule has 2 heterocycles. The first-order valence-corrected chi connectivity index (χ1v) is 7.69. The van der Waals surface area contributed by atoms with E-state index in [0.29, 0.717) is 24.4 Å². The Labute approximate surface area is 124 Å². The predicted octanol–water partition coefficient (Wildman–Crippen LogP) is 2.98. The molecule has 0 spiro atoms. The standard InChI is InChI=1S/C14H23N5O2/c1-3-7-11-8-5-6-9-18(11)13-12(19(20)21)10-16-14(17-13)15-4-2/h10-11H,3-9H2,1-2H3,(H,15,16,17). The summed E-state index contributed by atoms with van der Waals surface area (Å²) in [5.41, 5.74) is -0.000318. The van der Waals surface area contributed by atoms with E-state index in [0.717, 1.165) is 32.2 Å². The molecule has 1 aliphatic heterocycles. The minimum absolute atomic E-state index is 0.000318. The number of nitro groups is 1. The van der Waals surface area contributed by atoms with Gasteiger partial charge in [-0.2, -0.15) is 4.98 Å². The van der Waals surface area contributed by atoms with Crippen molar-refractivity contribution in [1.82, 2.24) is 9.97 Å². The van der Waals surface area contributed by atoms with Crippen molar-refractivity contribution in [1.29, 1.82) is 0 Å². The van der Waals surface area contributed by atoms with Crippen LogP contribution in [-0.2, 0) is 0 Å². The van der Waals surface area contributed by atoms with Gasteiger partial charge in [-0.25, -0.2) is 4.98 Å². The van der Waals surface area contributed by atoms with Crippen molar-refractivity contribution >= 4 is 17.5 Å².